The van der Waals surface area contributed by atoms with Gasteiger partial charge in [0.05, 0.1) is 6.54 Å². The second-order valence-electron chi connectivity index (χ2n) is 5.48. The Kier molecular flexibility index (Phi) is 3.08. The molecular weight excluding hydrogens is 224 g/mol. The average molecular weight is 244 g/mol. The highest BCUT2D eigenvalue weighted by Crippen LogP contribution is 2.40. The smallest absolute Gasteiger partial charge is 0.231 e. The fourth-order valence-electron chi connectivity index (χ4n) is 3.15. The molecule has 18 heavy (non-hydrogen) atoms. The van der Waals surface area contributed by atoms with Crippen molar-refractivity contribution in [3.8, 4) is 0 Å². The van der Waals surface area contributed by atoms with Crippen LogP contribution in [0.1, 0.15) is 42.9 Å². The number of hydrogen-bond acceptors (Lipinski definition) is 2. The van der Waals surface area contributed by atoms with E-state index in [1.165, 1.54) is 36.8 Å². The van der Waals surface area contributed by atoms with E-state index in [-0.39, 0.29) is 5.91 Å². The number of primary amides is 1. The first-order valence-electron chi connectivity index (χ1n) is 6.87. The molecule has 2 aliphatic carbocycles. The van der Waals surface area contributed by atoms with Gasteiger partial charge in [0.15, 0.2) is 0 Å². The molecule has 0 bridgehead atoms. The van der Waals surface area contributed by atoms with Crippen LogP contribution in [0.15, 0.2) is 24.3 Å². The standard InChI is InChI=1S/C15H20N2O/c16-15(18)10-17(12-8-9-12)14-7-3-5-11-4-1-2-6-13(11)14/h1-2,4,6,12,14H,3,5,7-10H2,(H2,16,18). The summed E-state index contributed by atoms with van der Waals surface area (Å²) in [4.78, 5) is 13.6. The van der Waals surface area contributed by atoms with Gasteiger partial charge in [-0.25, -0.2) is 0 Å². The van der Waals surface area contributed by atoms with Crippen LogP contribution in [0, 0.1) is 0 Å². The van der Waals surface area contributed by atoms with Crippen LogP contribution in [0.4, 0.5) is 0 Å². The molecule has 0 spiro atoms. The highest BCUT2D eigenvalue weighted by Gasteiger charge is 2.36. The first-order chi connectivity index (χ1) is 8.75. The lowest BCUT2D eigenvalue weighted by Crippen LogP contribution is -2.39. The van der Waals surface area contributed by atoms with Crippen LogP contribution in [-0.2, 0) is 11.2 Å². The number of nitrogens with zero attached hydrogens (tertiary/aromatic N) is 1. The molecule has 2 N–H and O–H groups in total. The van der Waals surface area contributed by atoms with Crippen LogP contribution in [0.5, 0.6) is 0 Å². The van der Waals surface area contributed by atoms with Gasteiger partial charge in [-0.1, -0.05) is 24.3 Å². The summed E-state index contributed by atoms with van der Waals surface area (Å²) in [5.41, 5.74) is 8.27. The highest BCUT2D eigenvalue weighted by molar-refractivity contribution is 5.76. The van der Waals surface area contributed by atoms with Gasteiger partial charge in [-0.15, -0.1) is 0 Å². The maximum Gasteiger partial charge on any atom is 0.231 e. The van der Waals surface area contributed by atoms with Crippen LogP contribution >= 0.6 is 0 Å². The van der Waals surface area contributed by atoms with Gasteiger partial charge in [-0.2, -0.15) is 0 Å². The number of amides is 1. The van der Waals surface area contributed by atoms with Crippen LogP contribution in [0.2, 0.25) is 0 Å². The summed E-state index contributed by atoms with van der Waals surface area (Å²) >= 11 is 0. The molecule has 3 nitrogen and oxygen atoms in total. The molecule has 1 atom stereocenters. The first kappa shape index (κ1) is 11.7. The van der Waals surface area contributed by atoms with Crippen LogP contribution < -0.4 is 5.73 Å². The third-order valence-corrected chi connectivity index (χ3v) is 4.09. The van der Waals surface area contributed by atoms with Gasteiger partial charge >= 0.3 is 0 Å². The topological polar surface area (TPSA) is 46.3 Å². The predicted molar refractivity (Wildman–Crippen MR) is 71.0 cm³/mol. The van der Waals surface area contributed by atoms with Crippen molar-refractivity contribution in [1.82, 2.24) is 4.90 Å². The Morgan fingerprint density at radius 1 is 1.28 bits per heavy atom. The van der Waals surface area contributed by atoms with E-state index in [0.29, 0.717) is 18.6 Å². The minimum absolute atomic E-state index is 0.204. The number of rotatable bonds is 4. The van der Waals surface area contributed by atoms with Crippen LogP contribution in [-0.4, -0.2) is 23.4 Å². The molecule has 3 rings (SSSR count). The van der Waals surface area contributed by atoms with Crippen molar-refractivity contribution >= 4 is 5.91 Å². The molecule has 0 heterocycles. The molecular formula is C15H20N2O. The number of hydrogen-bond donors (Lipinski definition) is 1. The molecule has 1 unspecified atom stereocenters. The SMILES string of the molecule is NC(=O)CN(C1CC1)C1CCCc2ccccc21. The van der Waals surface area contributed by atoms with E-state index in [4.69, 9.17) is 5.73 Å². The van der Waals surface area contributed by atoms with E-state index in [0.717, 1.165) is 6.42 Å². The lowest BCUT2D eigenvalue weighted by molar-refractivity contribution is -0.120. The van der Waals surface area contributed by atoms with Gasteiger partial charge in [-0.05, 0) is 43.2 Å². The molecule has 1 amide bonds. The number of benzene rings is 1. The third kappa shape index (κ3) is 2.27. The highest BCUT2D eigenvalue weighted by atomic mass is 16.1. The Morgan fingerprint density at radius 3 is 2.78 bits per heavy atom. The van der Waals surface area contributed by atoms with Crippen molar-refractivity contribution in [3.63, 3.8) is 0 Å². The van der Waals surface area contributed by atoms with E-state index in [1.54, 1.807) is 0 Å². The van der Waals surface area contributed by atoms with Crippen LogP contribution in [0.25, 0.3) is 0 Å². The predicted octanol–water partition coefficient (Wildman–Crippen LogP) is 2.01. The summed E-state index contributed by atoms with van der Waals surface area (Å²) in [5.74, 6) is -0.204. The monoisotopic (exact) mass is 244 g/mol. The number of carbonyl (C=O) groups excluding carboxylic acids is 1. The fourth-order valence-corrected chi connectivity index (χ4v) is 3.15. The Morgan fingerprint density at radius 2 is 2.06 bits per heavy atom. The first-order valence-corrected chi connectivity index (χ1v) is 6.87. The summed E-state index contributed by atoms with van der Waals surface area (Å²) < 4.78 is 0. The number of carbonyl (C=O) groups is 1. The maximum atomic E-state index is 11.3. The minimum Gasteiger partial charge on any atom is -0.369 e. The van der Waals surface area contributed by atoms with Gasteiger partial charge < -0.3 is 5.73 Å². The average Bonchev–Trinajstić information content (AvgIpc) is 3.19. The van der Waals surface area contributed by atoms with Gasteiger partial charge in [0, 0.05) is 12.1 Å². The number of fused-ring (bicyclic) bond motifs is 1. The maximum absolute atomic E-state index is 11.3. The summed E-state index contributed by atoms with van der Waals surface area (Å²) in [6.07, 6.45) is 5.96. The normalized spacial score (nSPS) is 22.8. The Labute approximate surface area is 108 Å². The zero-order valence-electron chi connectivity index (χ0n) is 10.6. The summed E-state index contributed by atoms with van der Waals surface area (Å²) in [6.45, 7) is 0.406. The zero-order chi connectivity index (χ0) is 12.5. The second kappa shape index (κ2) is 4.73. The van der Waals surface area contributed by atoms with E-state index in [2.05, 4.69) is 29.2 Å². The summed E-state index contributed by atoms with van der Waals surface area (Å²) in [5, 5.41) is 0. The molecule has 2 aliphatic rings. The molecule has 96 valence electrons. The molecule has 1 aromatic carbocycles. The molecule has 0 radical (unpaired) electrons. The van der Waals surface area contributed by atoms with Crippen molar-refractivity contribution in [2.24, 2.45) is 5.73 Å². The lowest BCUT2D eigenvalue weighted by Gasteiger charge is -2.35. The Bertz CT molecular complexity index is 454. The molecule has 3 heteroatoms. The summed E-state index contributed by atoms with van der Waals surface area (Å²) in [6, 6.07) is 9.62. The minimum atomic E-state index is -0.204. The molecule has 0 aliphatic heterocycles. The van der Waals surface area contributed by atoms with E-state index in [1.807, 2.05) is 0 Å². The summed E-state index contributed by atoms with van der Waals surface area (Å²) in [7, 11) is 0. The number of aryl methyl sites for hydroxylation is 1. The number of nitrogens with two attached hydrogens (primary N) is 1. The largest absolute Gasteiger partial charge is 0.369 e. The molecule has 1 saturated carbocycles. The Hall–Kier alpha value is -1.35. The second-order valence-corrected chi connectivity index (χ2v) is 5.48. The van der Waals surface area contributed by atoms with Gasteiger partial charge in [0.1, 0.15) is 0 Å². The fraction of sp³-hybridized carbons (Fsp3) is 0.533. The third-order valence-electron chi connectivity index (χ3n) is 4.09. The molecule has 1 fully saturated rings. The van der Waals surface area contributed by atoms with E-state index in [9.17, 15) is 4.79 Å². The lowest BCUT2D eigenvalue weighted by atomic mass is 9.86. The zero-order valence-corrected chi connectivity index (χ0v) is 10.6. The van der Waals surface area contributed by atoms with Crippen LogP contribution in [0.3, 0.4) is 0 Å². The van der Waals surface area contributed by atoms with Crippen molar-refractivity contribution in [3.05, 3.63) is 35.4 Å². The van der Waals surface area contributed by atoms with Gasteiger partial charge in [0.25, 0.3) is 0 Å². The quantitative estimate of drug-likeness (QED) is 0.880. The van der Waals surface area contributed by atoms with Gasteiger partial charge in [-0.3, -0.25) is 9.69 Å². The Balaban J connectivity index is 1.88. The van der Waals surface area contributed by atoms with Crippen molar-refractivity contribution < 1.29 is 4.79 Å². The van der Waals surface area contributed by atoms with E-state index >= 15 is 0 Å². The molecule has 0 aromatic heterocycles. The van der Waals surface area contributed by atoms with Gasteiger partial charge in [0.2, 0.25) is 5.91 Å². The molecule has 1 aromatic rings. The van der Waals surface area contributed by atoms with Crippen molar-refractivity contribution in [2.45, 2.75) is 44.2 Å². The van der Waals surface area contributed by atoms with Crippen molar-refractivity contribution in [1.29, 1.82) is 0 Å². The van der Waals surface area contributed by atoms with Crippen molar-refractivity contribution in [2.75, 3.05) is 6.54 Å². The molecule has 0 saturated heterocycles. The van der Waals surface area contributed by atoms with E-state index < -0.39 is 0 Å².